The Balaban J connectivity index is 2.21. The van der Waals surface area contributed by atoms with E-state index in [9.17, 15) is 4.79 Å². The molecule has 0 saturated heterocycles. The van der Waals surface area contributed by atoms with Gasteiger partial charge in [-0.1, -0.05) is 0 Å². The molecule has 0 aromatic heterocycles. The van der Waals surface area contributed by atoms with E-state index in [1.54, 1.807) is 0 Å². The van der Waals surface area contributed by atoms with Crippen molar-refractivity contribution in [3.63, 3.8) is 0 Å². The van der Waals surface area contributed by atoms with E-state index >= 15 is 0 Å². The van der Waals surface area contributed by atoms with Crippen molar-refractivity contribution in [2.24, 2.45) is 11.1 Å². The summed E-state index contributed by atoms with van der Waals surface area (Å²) in [5.74, 6) is -0.819. The zero-order chi connectivity index (χ0) is 6.70. The maximum Gasteiger partial charge on any atom is 0.324 e. The summed E-state index contributed by atoms with van der Waals surface area (Å²) in [4.78, 5) is 10.4. The lowest BCUT2D eigenvalue weighted by molar-refractivity contribution is -0.140. The van der Waals surface area contributed by atoms with Crippen LogP contribution in [0.5, 0.6) is 0 Å². The first-order valence-electron chi connectivity index (χ1n) is 3.13. The average Bonchev–Trinajstić information content (AvgIpc) is 2.56. The second kappa shape index (κ2) is 1.01. The van der Waals surface area contributed by atoms with Gasteiger partial charge in [0.05, 0.1) is 0 Å². The lowest BCUT2D eigenvalue weighted by atomic mass is 10.2. The van der Waals surface area contributed by atoms with Crippen molar-refractivity contribution in [3.8, 4) is 0 Å². The molecule has 0 aliphatic heterocycles. The third-order valence-electron chi connectivity index (χ3n) is 2.67. The van der Waals surface area contributed by atoms with Crippen molar-refractivity contribution in [3.05, 3.63) is 0 Å². The monoisotopic (exact) mass is 127 g/mol. The zero-order valence-electron chi connectivity index (χ0n) is 5.05. The van der Waals surface area contributed by atoms with Crippen molar-refractivity contribution in [2.75, 3.05) is 0 Å². The first kappa shape index (κ1) is 5.23. The molecule has 1 atom stereocenters. The second-order valence-corrected chi connectivity index (χ2v) is 3.23. The Labute approximate surface area is 52.8 Å². The molecule has 3 nitrogen and oxygen atoms in total. The molecule has 1 spiro atoms. The zero-order valence-corrected chi connectivity index (χ0v) is 5.05. The van der Waals surface area contributed by atoms with E-state index < -0.39 is 11.5 Å². The highest BCUT2D eigenvalue weighted by Crippen LogP contribution is 2.71. The molecule has 0 unspecified atom stereocenters. The molecule has 9 heavy (non-hydrogen) atoms. The van der Waals surface area contributed by atoms with Gasteiger partial charge in [-0.05, 0) is 19.3 Å². The van der Waals surface area contributed by atoms with Gasteiger partial charge in [0.25, 0.3) is 0 Å². The van der Waals surface area contributed by atoms with Gasteiger partial charge >= 0.3 is 5.97 Å². The lowest BCUT2D eigenvalue weighted by Crippen LogP contribution is -2.35. The van der Waals surface area contributed by atoms with E-state index in [4.69, 9.17) is 10.8 Å². The van der Waals surface area contributed by atoms with Gasteiger partial charge in [-0.15, -0.1) is 0 Å². The Bertz CT molecular complexity index is 185. The number of aliphatic carboxylic acids is 1. The number of hydrogen-bond acceptors (Lipinski definition) is 2. The summed E-state index contributed by atoms with van der Waals surface area (Å²) in [5, 5.41) is 8.56. The largest absolute Gasteiger partial charge is 0.480 e. The van der Waals surface area contributed by atoms with Crippen molar-refractivity contribution in [1.82, 2.24) is 0 Å². The predicted molar refractivity (Wildman–Crippen MR) is 30.8 cm³/mol. The summed E-state index contributed by atoms with van der Waals surface area (Å²) in [7, 11) is 0. The summed E-state index contributed by atoms with van der Waals surface area (Å²) in [6.45, 7) is 0. The van der Waals surface area contributed by atoms with Crippen molar-refractivity contribution in [1.29, 1.82) is 0 Å². The summed E-state index contributed by atoms with van der Waals surface area (Å²) in [5.41, 5.74) is 4.76. The first-order valence-corrected chi connectivity index (χ1v) is 3.13. The minimum absolute atomic E-state index is 0.0544. The smallest absolute Gasteiger partial charge is 0.324 e. The Morgan fingerprint density at radius 2 is 2.11 bits per heavy atom. The Kier molecular flexibility index (Phi) is 0.588. The van der Waals surface area contributed by atoms with E-state index in [0.29, 0.717) is 6.42 Å². The van der Waals surface area contributed by atoms with Gasteiger partial charge in [0.1, 0.15) is 5.54 Å². The molecule has 3 N–H and O–H groups in total. The minimum Gasteiger partial charge on any atom is -0.480 e. The first-order chi connectivity index (χ1) is 4.11. The fourth-order valence-electron chi connectivity index (χ4n) is 1.57. The van der Waals surface area contributed by atoms with Crippen LogP contribution in [0.3, 0.4) is 0 Å². The highest BCUT2D eigenvalue weighted by atomic mass is 16.4. The van der Waals surface area contributed by atoms with Crippen LogP contribution in [-0.2, 0) is 4.79 Å². The molecule has 0 aromatic rings. The molecule has 0 aromatic carbocycles. The van der Waals surface area contributed by atoms with E-state index in [1.165, 1.54) is 0 Å². The fourth-order valence-corrected chi connectivity index (χ4v) is 1.57. The van der Waals surface area contributed by atoms with Gasteiger partial charge < -0.3 is 10.8 Å². The van der Waals surface area contributed by atoms with Crippen molar-refractivity contribution >= 4 is 5.97 Å². The molecule has 3 heteroatoms. The summed E-state index contributed by atoms with van der Waals surface area (Å²) in [6, 6.07) is 0. The van der Waals surface area contributed by atoms with E-state index in [0.717, 1.165) is 12.8 Å². The van der Waals surface area contributed by atoms with Crippen molar-refractivity contribution in [2.45, 2.75) is 24.8 Å². The van der Waals surface area contributed by atoms with Crippen LogP contribution in [0.4, 0.5) is 0 Å². The molecule has 0 bridgehead atoms. The molecule has 50 valence electrons. The normalized spacial score (nSPS) is 42.8. The average molecular weight is 127 g/mol. The predicted octanol–water partition coefficient (Wildman–Crippen LogP) is -0.0476. The summed E-state index contributed by atoms with van der Waals surface area (Å²) in [6.07, 6.45) is 2.75. The van der Waals surface area contributed by atoms with Gasteiger partial charge in [-0.2, -0.15) is 0 Å². The van der Waals surface area contributed by atoms with Gasteiger partial charge in [0.15, 0.2) is 0 Å². The molecule has 2 aliphatic rings. The van der Waals surface area contributed by atoms with Gasteiger partial charge in [0, 0.05) is 5.41 Å². The number of carbonyl (C=O) groups is 1. The molecule has 2 aliphatic carbocycles. The molecular weight excluding hydrogens is 118 g/mol. The maximum absolute atomic E-state index is 10.4. The topological polar surface area (TPSA) is 63.3 Å². The fraction of sp³-hybridized carbons (Fsp3) is 0.833. The van der Waals surface area contributed by atoms with E-state index in [-0.39, 0.29) is 5.41 Å². The molecule has 2 saturated carbocycles. The summed E-state index contributed by atoms with van der Waals surface area (Å²) >= 11 is 0. The Hall–Kier alpha value is -0.570. The third kappa shape index (κ3) is 0.399. The second-order valence-electron chi connectivity index (χ2n) is 3.23. The van der Waals surface area contributed by atoms with Gasteiger partial charge in [-0.25, -0.2) is 0 Å². The standard InChI is InChI=1S/C6H9NO2/c7-6(4(8)9)3-5(6)1-2-5/h1-3,7H2,(H,8,9)/t6-/m1/s1. The third-order valence-corrected chi connectivity index (χ3v) is 2.67. The number of nitrogens with two attached hydrogens (primary N) is 1. The van der Waals surface area contributed by atoms with Crippen molar-refractivity contribution < 1.29 is 9.90 Å². The van der Waals surface area contributed by atoms with Gasteiger partial charge in [0.2, 0.25) is 0 Å². The maximum atomic E-state index is 10.4. The van der Waals surface area contributed by atoms with Crippen LogP contribution in [0.2, 0.25) is 0 Å². The number of carboxylic acid groups (broad SMARTS) is 1. The molecule has 0 radical (unpaired) electrons. The van der Waals surface area contributed by atoms with Crippen LogP contribution < -0.4 is 5.73 Å². The lowest BCUT2D eigenvalue weighted by Gasteiger charge is -2.00. The van der Waals surface area contributed by atoms with Crippen LogP contribution in [0.25, 0.3) is 0 Å². The van der Waals surface area contributed by atoms with Crippen LogP contribution in [-0.4, -0.2) is 16.6 Å². The number of hydrogen-bond donors (Lipinski definition) is 2. The van der Waals surface area contributed by atoms with Crippen LogP contribution in [0.15, 0.2) is 0 Å². The van der Waals surface area contributed by atoms with Gasteiger partial charge in [-0.3, -0.25) is 4.79 Å². The molecule has 2 fully saturated rings. The van der Waals surface area contributed by atoms with E-state index in [2.05, 4.69) is 0 Å². The number of carboxylic acids is 1. The van der Waals surface area contributed by atoms with E-state index in [1.807, 2.05) is 0 Å². The van der Waals surface area contributed by atoms with Crippen LogP contribution >= 0.6 is 0 Å². The SMILES string of the molecule is N[C@@]1(C(=O)O)CC12CC2. The Morgan fingerprint density at radius 3 is 2.22 bits per heavy atom. The highest BCUT2D eigenvalue weighted by molar-refractivity contribution is 5.85. The van der Waals surface area contributed by atoms with Crippen LogP contribution in [0.1, 0.15) is 19.3 Å². The molecule has 0 heterocycles. The number of rotatable bonds is 1. The minimum atomic E-state index is -0.826. The van der Waals surface area contributed by atoms with Crippen LogP contribution in [0, 0.1) is 5.41 Å². The molecule has 2 rings (SSSR count). The Morgan fingerprint density at radius 1 is 1.56 bits per heavy atom. The molecule has 0 amide bonds. The quantitative estimate of drug-likeness (QED) is 0.519. The molecular formula is C6H9NO2. The summed E-state index contributed by atoms with van der Waals surface area (Å²) < 4.78 is 0. The highest BCUT2D eigenvalue weighted by Gasteiger charge is 2.76.